The standard InChI is InChI=1S/C11H8Br2N2OS/c12-8-5-9(17-10(8)13)11(16)15-7-3-1-6(14)2-4-7/h1-5H,14H2,(H,15,16). The largest absolute Gasteiger partial charge is 0.399 e. The minimum Gasteiger partial charge on any atom is -0.399 e. The average molecular weight is 376 g/mol. The van der Waals surface area contributed by atoms with Gasteiger partial charge in [0.15, 0.2) is 0 Å². The Kier molecular flexibility index (Phi) is 3.86. The first-order chi connectivity index (χ1) is 8.06. The predicted octanol–water partition coefficient (Wildman–Crippen LogP) is 4.11. The van der Waals surface area contributed by atoms with Crippen molar-refractivity contribution >= 4 is 60.5 Å². The summed E-state index contributed by atoms with van der Waals surface area (Å²) in [6, 6.07) is 8.81. The molecular weight excluding hydrogens is 368 g/mol. The van der Waals surface area contributed by atoms with Crippen LogP contribution in [0.5, 0.6) is 0 Å². The Labute approximate surface area is 119 Å². The van der Waals surface area contributed by atoms with E-state index in [9.17, 15) is 4.79 Å². The van der Waals surface area contributed by atoms with Gasteiger partial charge < -0.3 is 11.1 Å². The van der Waals surface area contributed by atoms with Gasteiger partial charge in [0.2, 0.25) is 0 Å². The molecule has 0 fully saturated rings. The molecule has 0 saturated carbocycles. The lowest BCUT2D eigenvalue weighted by molar-refractivity contribution is 0.103. The molecule has 0 atom stereocenters. The Balaban J connectivity index is 2.14. The second-order valence-corrected chi connectivity index (χ2v) is 6.53. The summed E-state index contributed by atoms with van der Waals surface area (Å²) in [6.07, 6.45) is 0. The highest BCUT2D eigenvalue weighted by Crippen LogP contribution is 2.32. The molecule has 6 heteroatoms. The van der Waals surface area contributed by atoms with Gasteiger partial charge >= 0.3 is 0 Å². The summed E-state index contributed by atoms with van der Waals surface area (Å²) in [4.78, 5) is 12.5. The lowest BCUT2D eigenvalue weighted by atomic mass is 10.3. The van der Waals surface area contributed by atoms with Crippen LogP contribution >= 0.6 is 43.2 Å². The number of rotatable bonds is 2. The summed E-state index contributed by atoms with van der Waals surface area (Å²) in [6.45, 7) is 0. The normalized spacial score (nSPS) is 10.2. The van der Waals surface area contributed by atoms with Crippen LogP contribution < -0.4 is 11.1 Å². The van der Waals surface area contributed by atoms with Crippen molar-refractivity contribution in [3.05, 3.63) is 43.5 Å². The van der Waals surface area contributed by atoms with Crippen molar-refractivity contribution in [2.75, 3.05) is 11.1 Å². The quantitative estimate of drug-likeness (QED) is 0.776. The second kappa shape index (κ2) is 5.20. The number of halogens is 2. The third-order valence-electron chi connectivity index (χ3n) is 2.04. The molecule has 1 aromatic carbocycles. The SMILES string of the molecule is Nc1ccc(NC(=O)c2cc(Br)c(Br)s2)cc1. The Bertz CT molecular complexity index is 532. The van der Waals surface area contributed by atoms with Crippen molar-refractivity contribution in [2.45, 2.75) is 0 Å². The van der Waals surface area contributed by atoms with E-state index in [1.54, 1.807) is 30.3 Å². The third-order valence-corrected chi connectivity index (χ3v) is 5.29. The van der Waals surface area contributed by atoms with Gasteiger partial charge in [-0.15, -0.1) is 11.3 Å². The maximum atomic E-state index is 11.9. The molecule has 1 heterocycles. The van der Waals surface area contributed by atoms with E-state index < -0.39 is 0 Å². The summed E-state index contributed by atoms with van der Waals surface area (Å²) >= 11 is 8.08. The highest BCUT2D eigenvalue weighted by Gasteiger charge is 2.11. The Hall–Kier alpha value is -0.850. The highest BCUT2D eigenvalue weighted by molar-refractivity contribution is 9.13. The number of nitrogen functional groups attached to an aromatic ring is 1. The van der Waals surface area contributed by atoms with Crippen LogP contribution in [0.3, 0.4) is 0 Å². The van der Waals surface area contributed by atoms with Crippen molar-refractivity contribution in [3.8, 4) is 0 Å². The van der Waals surface area contributed by atoms with Crippen LogP contribution in [0.15, 0.2) is 38.6 Å². The van der Waals surface area contributed by atoms with Crippen LogP contribution in [0.25, 0.3) is 0 Å². The van der Waals surface area contributed by atoms with E-state index in [1.165, 1.54) is 11.3 Å². The van der Waals surface area contributed by atoms with Gasteiger partial charge in [0.25, 0.3) is 5.91 Å². The van der Waals surface area contributed by atoms with Crippen LogP contribution in [0.4, 0.5) is 11.4 Å². The molecule has 0 aliphatic heterocycles. The molecule has 0 radical (unpaired) electrons. The lowest BCUT2D eigenvalue weighted by Crippen LogP contribution is -2.09. The maximum Gasteiger partial charge on any atom is 0.265 e. The van der Waals surface area contributed by atoms with Crippen molar-refractivity contribution in [1.29, 1.82) is 0 Å². The summed E-state index contributed by atoms with van der Waals surface area (Å²) in [5.41, 5.74) is 6.97. The van der Waals surface area contributed by atoms with E-state index in [0.717, 1.165) is 13.9 Å². The number of anilines is 2. The minimum atomic E-state index is -0.133. The Morgan fingerprint density at radius 3 is 2.41 bits per heavy atom. The third kappa shape index (κ3) is 3.08. The molecule has 2 aromatic rings. The molecule has 17 heavy (non-hydrogen) atoms. The number of benzene rings is 1. The van der Waals surface area contributed by atoms with Crippen molar-refractivity contribution in [2.24, 2.45) is 0 Å². The molecule has 0 aliphatic rings. The number of hydrogen-bond donors (Lipinski definition) is 2. The fourth-order valence-corrected chi connectivity index (χ4v) is 3.15. The smallest absolute Gasteiger partial charge is 0.265 e. The maximum absolute atomic E-state index is 11.9. The van der Waals surface area contributed by atoms with Gasteiger partial charge in [-0.3, -0.25) is 4.79 Å². The molecule has 0 spiro atoms. The lowest BCUT2D eigenvalue weighted by Gasteiger charge is -2.03. The van der Waals surface area contributed by atoms with Gasteiger partial charge in [0, 0.05) is 15.8 Å². The molecular formula is C11H8Br2N2OS. The van der Waals surface area contributed by atoms with Crippen LogP contribution in [0.2, 0.25) is 0 Å². The Morgan fingerprint density at radius 2 is 1.88 bits per heavy atom. The predicted molar refractivity (Wildman–Crippen MR) is 78.5 cm³/mol. The minimum absolute atomic E-state index is 0.133. The number of amides is 1. The molecule has 0 saturated heterocycles. The summed E-state index contributed by atoms with van der Waals surface area (Å²) in [5, 5.41) is 2.80. The van der Waals surface area contributed by atoms with Crippen LogP contribution in [-0.2, 0) is 0 Å². The van der Waals surface area contributed by atoms with E-state index in [2.05, 4.69) is 37.2 Å². The molecule has 0 bridgehead atoms. The van der Waals surface area contributed by atoms with E-state index in [-0.39, 0.29) is 5.91 Å². The zero-order valence-electron chi connectivity index (χ0n) is 8.54. The van der Waals surface area contributed by atoms with Gasteiger partial charge in [-0.05, 0) is 62.2 Å². The number of thiophene rings is 1. The zero-order chi connectivity index (χ0) is 12.4. The van der Waals surface area contributed by atoms with Gasteiger partial charge in [-0.2, -0.15) is 0 Å². The molecule has 1 aromatic heterocycles. The summed E-state index contributed by atoms with van der Waals surface area (Å²) < 4.78 is 1.78. The van der Waals surface area contributed by atoms with Gasteiger partial charge in [0.1, 0.15) is 0 Å². The number of carbonyl (C=O) groups excluding carboxylic acids is 1. The topological polar surface area (TPSA) is 55.1 Å². The number of carbonyl (C=O) groups is 1. The van der Waals surface area contributed by atoms with Crippen LogP contribution in [0, 0.1) is 0 Å². The molecule has 0 aliphatic carbocycles. The summed E-state index contributed by atoms with van der Waals surface area (Å²) in [7, 11) is 0. The first kappa shape index (κ1) is 12.6. The first-order valence-electron chi connectivity index (χ1n) is 4.68. The van der Waals surface area contributed by atoms with Crippen molar-refractivity contribution in [1.82, 2.24) is 0 Å². The van der Waals surface area contributed by atoms with Crippen molar-refractivity contribution in [3.63, 3.8) is 0 Å². The monoisotopic (exact) mass is 374 g/mol. The fourth-order valence-electron chi connectivity index (χ4n) is 1.22. The molecule has 0 unspecified atom stereocenters. The molecule has 1 amide bonds. The average Bonchev–Trinajstić information content (AvgIpc) is 2.63. The van der Waals surface area contributed by atoms with Crippen LogP contribution in [0.1, 0.15) is 9.67 Å². The summed E-state index contributed by atoms with van der Waals surface area (Å²) in [5.74, 6) is -0.133. The van der Waals surface area contributed by atoms with Gasteiger partial charge in [-0.25, -0.2) is 0 Å². The second-order valence-electron chi connectivity index (χ2n) is 3.31. The molecule has 2 rings (SSSR count). The van der Waals surface area contributed by atoms with Gasteiger partial charge in [-0.1, -0.05) is 0 Å². The van der Waals surface area contributed by atoms with E-state index in [0.29, 0.717) is 10.6 Å². The molecule has 3 N–H and O–H groups in total. The van der Waals surface area contributed by atoms with Gasteiger partial charge in [0.05, 0.1) is 8.66 Å². The van der Waals surface area contributed by atoms with E-state index in [1.807, 2.05) is 0 Å². The molecule has 3 nitrogen and oxygen atoms in total. The number of nitrogens with one attached hydrogen (secondary N) is 1. The highest BCUT2D eigenvalue weighted by atomic mass is 79.9. The number of hydrogen-bond acceptors (Lipinski definition) is 3. The van der Waals surface area contributed by atoms with Crippen LogP contribution in [-0.4, -0.2) is 5.91 Å². The first-order valence-corrected chi connectivity index (χ1v) is 7.08. The number of nitrogens with two attached hydrogens (primary N) is 1. The molecule has 88 valence electrons. The van der Waals surface area contributed by atoms with E-state index >= 15 is 0 Å². The van der Waals surface area contributed by atoms with E-state index in [4.69, 9.17) is 5.73 Å². The fraction of sp³-hybridized carbons (Fsp3) is 0. The van der Waals surface area contributed by atoms with Crippen molar-refractivity contribution < 1.29 is 4.79 Å². The Morgan fingerprint density at radius 1 is 1.24 bits per heavy atom. The zero-order valence-corrected chi connectivity index (χ0v) is 12.5.